The van der Waals surface area contributed by atoms with Gasteiger partial charge in [0.2, 0.25) is 0 Å². The van der Waals surface area contributed by atoms with E-state index in [2.05, 4.69) is 16.0 Å². The molecule has 0 aliphatic heterocycles. The number of pyridine rings is 1. The fourth-order valence-electron chi connectivity index (χ4n) is 3.31. The number of hydrogen-bond donors (Lipinski definition) is 2. The van der Waals surface area contributed by atoms with E-state index in [1.165, 1.54) is 23.5 Å². The Balaban J connectivity index is 1.60. The maximum absolute atomic E-state index is 13.4. The van der Waals surface area contributed by atoms with Crippen molar-refractivity contribution in [1.82, 2.24) is 9.97 Å². The highest BCUT2D eigenvalue weighted by atomic mass is 32.1. The molecule has 1 atom stereocenters. The van der Waals surface area contributed by atoms with E-state index in [0.717, 1.165) is 33.0 Å². The highest BCUT2D eigenvalue weighted by Gasteiger charge is 2.16. The first-order chi connectivity index (χ1) is 13.5. The molecule has 0 amide bonds. The van der Waals surface area contributed by atoms with Crippen LogP contribution in [0.1, 0.15) is 11.3 Å². The molecule has 7 heteroatoms. The number of nitrogen functional groups attached to an aromatic ring is 1. The summed E-state index contributed by atoms with van der Waals surface area (Å²) >= 11 is 1.40. The number of thiazole rings is 1. The van der Waals surface area contributed by atoms with Crippen molar-refractivity contribution in [2.24, 2.45) is 5.73 Å². The van der Waals surface area contributed by atoms with Gasteiger partial charge in [-0.2, -0.15) is 0 Å². The average Bonchev–Trinajstić information content (AvgIpc) is 3.00. The third-order valence-electron chi connectivity index (χ3n) is 4.49. The highest BCUT2D eigenvalue weighted by Crippen LogP contribution is 2.34. The van der Waals surface area contributed by atoms with Gasteiger partial charge >= 0.3 is 0 Å². The summed E-state index contributed by atoms with van der Waals surface area (Å²) in [5, 5.41) is 2.59. The van der Waals surface area contributed by atoms with E-state index in [0.29, 0.717) is 23.5 Å². The van der Waals surface area contributed by atoms with E-state index in [1.54, 1.807) is 6.20 Å². The van der Waals surface area contributed by atoms with Crippen LogP contribution in [0.5, 0.6) is 0 Å². The minimum atomic E-state index is -0.605. The van der Waals surface area contributed by atoms with Gasteiger partial charge in [-0.3, -0.25) is 4.98 Å². The number of benzene rings is 2. The molecule has 4 aromatic rings. The van der Waals surface area contributed by atoms with Gasteiger partial charge in [0.1, 0.15) is 11.6 Å². The topological polar surface area (TPSA) is 77.8 Å². The molecule has 28 heavy (non-hydrogen) atoms. The summed E-state index contributed by atoms with van der Waals surface area (Å²) in [6, 6.07) is 11.2. The van der Waals surface area contributed by atoms with Crippen molar-refractivity contribution < 1.29 is 8.78 Å². The quantitative estimate of drug-likeness (QED) is 0.526. The van der Waals surface area contributed by atoms with Crippen LogP contribution in [0.15, 0.2) is 54.9 Å². The molecule has 2 heterocycles. The van der Waals surface area contributed by atoms with Gasteiger partial charge in [-0.15, -0.1) is 0 Å². The zero-order valence-corrected chi connectivity index (χ0v) is 15.7. The molecule has 4 rings (SSSR count). The number of aromatic nitrogens is 2. The average molecular weight is 396 g/mol. The van der Waals surface area contributed by atoms with Crippen LogP contribution < -0.4 is 11.5 Å². The predicted octanol–water partition coefficient (Wildman–Crippen LogP) is 4.33. The Kier molecular flexibility index (Phi) is 5.02. The van der Waals surface area contributed by atoms with Crippen LogP contribution in [0.25, 0.3) is 21.2 Å². The van der Waals surface area contributed by atoms with E-state index in [4.69, 9.17) is 11.5 Å². The molecule has 0 saturated carbocycles. The lowest BCUT2D eigenvalue weighted by atomic mass is 10.00. The first-order valence-corrected chi connectivity index (χ1v) is 9.59. The Hall–Kier alpha value is -2.90. The zero-order valence-electron chi connectivity index (χ0n) is 14.9. The monoisotopic (exact) mass is 396 g/mol. The van der Waals surface area contributed by atoms with Crippen molar-refractivity contribution in [3.05, 3.63) is 77.8 Å². The smallest absolute Gasteiger partial charge is 0.180 e. The Bertz CT molecular complexity index is 1120. The normalized spacial score (nSPS) is 12.4. The second kappa shape index (κ2) is 7.61. The standard InChI is InChI=1S/C21H18F2N4S/c22-16-5-12(6-17(23)9-16)7-18(24)10-19-20(28-21(25)27-19)14-1-2-15-11-26-4-3-13(15)8-14/h1-6,8-9,11,18H,7,10,24H2,(H2,25,27)/t18-/m0/s1. The molecule has 0 spiro atoms. The molecule has 0 fully saturated rings. The molecule has 0 unspecified atom stereocenters. The van der Waals surface area contributed by atoms with Crippen molar-refractivity contribution >= 4 is 27.2 Å². The molecule has 2 aromatic carbocycles. The molecular formula is C21H18F2N4S. The molecule has 4 N–H and O–H groups in total. The number of fused-ring (bicyclic) bond motifs is 1. The largest absolute Gasteiger partial charge is 0.375 e. The minimum Gasteiger partial charge on any atom is -0.375 e. The number of halogens is 2. The number of anilines is 1. The Morgan fingerprint density at radius 1 is 0.964 bits per heavy atom. The van der Waals surface area contributed by atoms with Crippen LogP contribution in [0.4, 0.5) is 13.9 Å². The van der Waals surface area contributed by atoms with Gasteiger partial charge in [0, 0.05) is 36.3 Å². The molecule has 0 aliphatic carbocycles. The number of nitrogens with two attached hydrogens (primary N) is 2. The van der Waals surface area contributed by atoms with Gasteiger partial charge in [-0.25, -0.2) is 13.8 Å². The maximum atomic E-state index is 13.4. The summed E-state index contributed by atoms with van der Waals surface area (Å²) in [6.45, 7) is 0. The minimum absolute atomic E-state index is 0.342. The fourth-order valence-corrected chi connectivity index (χ4v) is 4.17. The van der Waals surface area contributed by atoms with Gasteiger partial charge in [-0.1, -0.05) is 23.5 Å². The van der Waals surface area contributed by atoms with Gasteiger partial charge in [0.25, 0.3) is 0 Å². The van der Waals surface area contributed by atoms with Gasteiger partial charge in [0.15, 0.2) is 5.13 Å². The van der Waals surface area contributed by atoms with E-state index >= 15 is 0 Å². The number of hydrogen-bond acceptors (Lipinski definition) is 5. The summed E-state index contributed by atoms with van der Waals surface area (Å²) in [5.74, 6) is -1.21. The maximum Gasteiger partial charge on any atom is 0.180 e. The van der Waals surface area contributed by atoms with E-state index in [1.807, 2.05) is 24.4 Å². The number of rotatable bonds is 5. The molecule has 2 aromatic heterocycles. The summed E-state index contributed by atoms with van der Waals surface area (Å²) in [4.78, 5) is 9.52. The lowest BCUT2D eigenvalue weighted by Crippen LogP contribution is -2.26. The van der Waals surface area contributed by atoms with Crippen LogP contribution in [0.3, 0.4) is 0 Å². The lowest BCUT2D eigenvalue weighted by Gasteiger charge is -2.12. The van der Waals surface area contributed by atoms with E-state index in [-0.39, 0.29) is 6.04 Å². The van der Waals surface area contributed by atoms with Crippen molar-refractivity contribution in [2.45, 2.75) is 18.9 Å². The molecule has 4 nitrogen and oxygen atoms in total. The third kappa shape index (κ3) is 4.00. The molecule has 142 valence electrons. The third-order valence-corrected chi connectivity index (χ3v) is 5.47. The lowest BCUT2D eigenvalue weighted by molar-refractivity contribution is 0.574. The Morgan fingerprint density at radius 2 is 1.75 bits per heavy atom. The SMILES string of the molecule is Nc1nc(C[C@@H](N)Cc2cc(F)cc(F)c2)c(-c2ccc3cnccc3c2)s1. The van der Waals surface area contributed by atoms with Crippen molar-refractivity contribution in [2.75, 3.05) is 5.73 Å². The fraction of sp³-hybridized carbons (Fsp3) is 0.143. The highest BCUT2D eigenvalue weighted by molar-refractivity contribution is 7.18. The molecular weight excluding hydrogens is 378 g/mol. The van der Waals surface area contributed by atoms with Gasteiger partial charge in [-0.05, 0) is 47.2 Å². The Labute approximate surface area is 164 Å². The summed E-state index contributed by atoms with van der Waals surface area (Å²) in [6.07, 6.45) is 4.36. The molecule has 0 bridgehead atoms. The zero-order chi connectivity index (χ0) is 19.7. The Morgan fingerprint density at radius 3 is 2.54 bits per heavy atom. The second-order valence-electron chi connectivity index (χ2n) is 6.71. The van der Waals surface area contributed by atoms with Crippen LogP contribution >= 0.6 is 11.3 Å². The van der Waals surface area contributed by atoms with Crippen LogP contribution in [-0.4, -0.2) is 16.0 Å². The molecule has 0 saturated heterocycles. The van der Waals surface area contributed by atoms with Crippen molar-refractivity contribution in [3.63, 3.8) is 0 Å². The van der Waals surface area contributed by atoms with Crippen LogP contribution in [0.2, 0.25) is 0 Å². The summed E-state index contributed by atoms with van der Waals surface area (Å²) in [5.41, 5.74) is 14.5. The summed E-state index contributed by atoms with van der Waals surface area (Å²) < 4.78 is 26.8. The van der Waals surface area contributed by atoms with E-state index < -0.39 is 11.6 Å². The first kappa shape index (κ1) is 18.5. The predicted molar refractivity (Wildman–Crippen MR) is 109 cm³/mol. The number of nitrogens with zero attached hydrogens (tertiary/aromatic N) is 2. The van der Waals surface area contributed by atoms with E-state index in [9.17, 15) is 8.78 Å². The van der Waals surface area contributed by atoms with Crippen LogP contribution in [0, 0.1) is 11.6 Å². The summed E-state index contributed by atoms with van der Waals surface area (Å²) in [7, 11) is 0. The van der Waals surface area contributed by atoms with Crippen molar-refractivity contribution in [1.29, 1.82) is 0 Å². The van der Waals surface area contributed by atoms with Crippen molar-refractivity contribution in [3.8, 4) is 10.4 Å². The first-order valence-electron chi connectivity index (χ1n) is 8.78. The molecule has 0 aliphatic rings. The molecule has 0 radical (unpaired) electrons. The van der Waals surface area contributed by atoms with Gasteiger partial charge < -0.3 is 11.5 Å². The second-order valence-corrected chi connectivity index (χ2v) is 7.74. The van der Waals surface area contributed by atoms with Gasteiger partial charge in [0.05, 0.1) is 10.6 Å². The van der Waals surface area contributed by atoms with Crippen LogP contribution in [-0.2, 0) is 12.8 Å².